The van der Waals surface area contributed by atoms with E-state index < -0.39 is 0 Å². The first-order valence-corrected chi connectivity index (χ1v) is 9.44. The number of hydrogen-bond donors (Lipinski definition) is 1. The van der Waals surface area contributed by atoms with Gasteiger partial charge in [0, 0.05) is 37.6 Å². The molecule has 0 atom stereocenters. The number of nitrogens with zero attached hydrogens (tertiary/aromatic N) is 2. The Morgan fingerprint density at radius 3 is 2.40 bits per heavy atom. The average molecular weight is 394 g/mol. The van der Waals surface area contributed by atoms with Crippen molar-refractivity contribution in [1.29, 1.82) is 0 Å². The van der Waals surface area contributed by atoms with Crippen molar-refractivity contribution in [2.75, 3.05) is 36.4 Å². The summed E-state index contributed by atoms with van der Waals surface area (Å²) in [5, 5.41) is 5.35. The minimum Gasteiger partial charge on any atom is -0.368 e. The molecule has 1 aliphatic rings. The molecule has 25 heavy (non-hydrogen) atoms. The van der Waals surface area contributed by atoms with Gasteiger partial charge in [-0.05, 0) is 61.5 Å². The maximum absolute atomic E-state index is 6.13. The lowest BCUT2D eigenvalue weighted by Crippen LogP contribution is -2.50. The van der Waals surface area contributed by atoms with Gasteiger partial charge < -0.3 is 15.1 Å². The molecule has 0 aromatic heterocycles. The molecule has 1 N–H and O–H groups in total. The van der Waals surface area contributed by atoms with Crippen molar-refractivity contribution in [2.24, 2.45) is 0 Å². The Bertz CT molecular complexity index is 786. The molecule has 3 nitrogen and oxygen atoms in total. The molecule has 0 saturated carbocycles. The molecule has 1 aliphatic heterocycles. The van der Waals surface area contributed by atoms with Gasteiger partial charge in [-0.25, -0.2) is 0 Å². The summed E-state index contributed by atoms with van der Waals surface area (Å²) in [7, 11) is 0. The second kappa shape index (κ2) is 7.81. The van der Waals surface area contributed by atoms with Crippen LogP contribution in [0.25, 0.3) is 0 Å². The zero-order valence-corrected chi connectivity index (χ0v) is 16.7. The van der Waals surface area contributed by atoms with Gasteiger partial charge in [-0.2, -0.15) is 0 Å². The average Bonchev–Trinajstić information content (AvgIpc) is 2.61. The molecule has 2 aromatic carbocycles. The van der Waals surface area contributed by atoms with Crippen LogP contribution in [0.5, 0.6) is 0 Å². The van der Waals surface area contributed by atoms with Gasteiger partial charge >= 0.3 is 0 Å². The Morgan fingerprint density at radius 1 is 1.00 bits per heavy atom. The van der Waals surface area contributed by atoms with Crippen LogP contribution in [0.3, 0.4) is 0 Å². The van der Waals surface area contributed by atoms with Crippen LogP contribution in [0.4, 0.5) is 11.4 Å². The van der Waals surface area contributed by atoms with Crippen molar-refractivity contribution in [1.82, 2.24) is 4.90 Å². The largest absolute Gasteiger partial charge is 0.368 e. The van der Waals surface area contributed by atoms with E-state index in [1.807, 2.05) is 18.2 Å². The Labute approximate surface area is 164 Å². The maximum atomic E-state index is 6.13. The summed E-state index contributed by atoms with van der Waals surface area (Å²) in [5.41, 5.74) is 4.68. The summed E-state index contributed by atoms with van der Waals surface area (Å²) in [6, 6.07) is 12.0. The van der Waals surface area contributed by atoms with Gasteiger partial charge in [-0.15, -0.1) is 0 Å². The van der Waals surface area contributed by atoms with E-state index >= 15 is 0 Å². The number of benzene rings is 2. The second-order valence-electron chi connectivity index (χ2n) is 6.25. The van der Waals surface area contributed by atoms with Crippen molar-refractivity contribution in [2.45, 2.75) is 13.8 Å². The lowest BCUT2D eigenvalue weighted by atomic mass is 10.1. The summed E-state index contributed by atoms with van der Waals surface area (Å²) in [5.74, 6) is 0. The molecular weight excluding hydrogens is 373 g/mol. The fraction of sp³-hybridized carbons (Fsp3) is 0.316. The quantitative estimate of drug-likeness (QED) is 0.712. The number of nitrogens with one attached hydrogen (secondary N) is 1. The molecule has 0 aliphatic carbocycles. The third kappa shape index (κ3) is 4.20. The molecule has 0 spiro atoms. The maximum Gasteiger partial charge on any atom is 0.173 e. The standard InChI is InChI=1S/C19H21Cl2N3S/c1-13-4-3-5-18(14(13)2)22-19(25)24-10-8-23(9-11-24)15-6-7-16(20)17(21)12-15/h3-7,12H,8-11H2,1-2H3,(H,22,25). The molecule has 1 fully saturated rings. The molecule has 132 valence electrons. The van der Waals surface area contributed by atoms with Gasteiger partial charge in [0.15, 0.2) is 5.11 Å². The molecule has 0 unspecified atom stereocenters. The van der Waals surface area contributed by atoms with E-state index in [0.29, 0.717) is 10.0 Å². The monoisotopic (exact) mass is 393 g/mol. The fourth-order valence-corrected chi connectivity index (χ4v) is 3.52. The number of halogens is 2. The van der Waals surface area contributed by atoms with E-state index in [4.69, 9.17) is 35.4 Å². The molecule has 0 bridgehead atoms. The number of piperazine rings is 1. The van der Waals surface area contributed by atoms with E-state index in [2.05, 4.69) is 47.2 Å². The molecular formula is C19H21Cl2N3S. The van der Waals surface area contributed by atoms with Crippen LogP contribution in [-0.4, -0.2) is 36.2 Å². The number of hydrogen-bond acceptors (Lipinski definition) is 2. The topological polar surface area (TPSA) is 18.5 Å². The molecule has 0 amide bonds. The van der Waals surface area contributed by atoms with Gasteiger partial charge in [-0.1, -0.05) is 35.3 Å². The van der Waals surface area contributed by atoms with Crippen LogP contribution in [0, 0.1) is 13.8 Å². The highest BCUT2D eigenvalue weighted by Gasteiger charge is 2.20. The number of thiocarbonyl (C=S) groups is 1. The predicted molar refractivity (Wildman–Crippen MR) is 112 cm³/mol. The molecule has 2 aromatic rings. The highest BCUT2D eigenvalue weighted by atomic mass is 35.5. The van der Waals surface area contributed by atoms with Crippen LogP contribution in [0.2, 0.25) is 10.0 Å². The zero-order valence-electron chi connectivity index (χ0n) is 14.4. The highest BCUT2D eigenvalue weighted by molar-refractivity contribution is 7.80. The van der Waals surface area contributed by atoms with Crippen molar-refractivity contribution < 1.29 is 0 Å². The fourth-order valence-electron chi connectivity index (χ4n) is 2.93. The van der Waals surface area contributed by atoms with Gasteiger partial charge in [0.2, 0.25) is 0 Å². The number of rotatable bonds is 2. The molecule has 0 radical (unpaired) electrons. The zero-order chi connectivity index (χ0) is 18.0. The van der Waals surface area contributed by atoms with Gasteiger partial charge in [0.05, 0.1) is 10.0 Å². The predicted octanol–water partition coefficient (Wildman–Crippen LogP) is 5.13. The Hall–Kier alpha value is -1.49. The first-order valence-electron chi connectivity index (χ1n) is 8.28. The molecule has 6 heteroatoms. The van der Waals surface area contributed by atoms with Crippen LogP contribution >= 0.6 is 35.4 Å². The number of anilines is 2. The SMILES string of the molecule is Cc1cccc(NC(=S)N2CCN(c3ccc(Cl)c(Cl)c3)CC2)c1C. The molecule has 1 saturated heterocycles. The van der Waals surface area contributed by atoms with Crippen LogP contribution in [0.15, 0.2) is 36.4 Å². The summed E-state index contributed by atoms with van der Waals surface area (Å²) in [4.78, 5) is 4.52. The third-order valence-electron chi connectivity index (χ3n) is 4.68. The van der Waals surface area contributed by atoms with E-state index in [-0.39, 0.29) is 0 Å². The second-order valence-corrected chi connectivity index (χ2v) is 7.45. The van der Waals surface area contributed by atoms with Crippen molar-refractivity contribution >= 4 is 51.9 Å². The first-order chi connectivity index (χ1) is 12.0. The normalized spacial score (nSPS) is 14.6. The van der Waals surface area contributed by atoms with E-state index in [9.17, 15) is 0 Å². The Morgan fingerprint density at radius 2 is 1.72 bits per heavy atom. The number of aryl methyl sites for hydroxylation is 1. The van der Waals surface area contributed by atoms with Gasteiger partial charge in [0.25, 0.3) is 0 Å². The van der Waals surface area contributed by atoms with Crippen molar-refractivity contribution in [3.05, 3.63) is 57.6 Å². The Kier molecular flexibility index (Phi) is 5.72. The first kappa shape index (κ1) is 18.3. The van der Waals surface area contributed by atoms with Crippen LogP contribution in [-0.2, 0) is 0 Å². The van der Waals surface area contributed by atoms with Crippen LogP contribution < -0.4 is 10.2 Å². The summed E-state index contributed by atoms with van der Waals surface area (Å²) < 4.78 is 0. The minimum atomic E-state index is 0.586. The van der Waals surface area contributed by atoms with Crippen LogP contribution in [0.1, 0.15) is 11.1 Å². The minimum absolute atomic E-state index is 0.586. The molecule has 3 rings (SSSR count). The van der Waals surface area contributed by atoms with Crippen molar-refractivity contribution in [3.63, 3.8) is 0 Å². The Balaban J connectivity index is 1.60. The summed E-state index contributed by atoms with van der Waals surface area (Å²) >= 11 is 17.7. The van der Waals surface area contributed by atoms with Gasteiger partial charge in [-0.3, -0.25) is 0 Å². The summed E-state index contributed by atoms with van der Waals surface area (Å²) in [6.45, 7) is 7.76. The lowest BCUT2D eigenvalue weighted by Gasteiger charge is -2.37. The molecule has 1 heterocycles. The smallest absolute Gasteiger partial charge is 0.173 e. The van der Waals surface area contributed by atoms with Gasteiger partial charge in [0.1, 0.15) is 0 Å². The third-order valence-corrected chi connectivity index (χ3v) is 5.78. The van der Waals surface area contributed by atoms with E-state index in [0.717, 1.165) is 42.7 Å². The van der Waals surface area contributed by atoms with E-state index in [1.54, 1.807) is 0 Å². The summed E-state index contributed by atoms with van der Waals surface area (Å²) in [6.07, 6.45) is 0. The highest BCUT2D eigenvalue weighted by Crippen LogP contribution is 2.28. The van der Waals surface area contributed by atoms with E-state index in [1.165, 1.54) is 11.1 Å². The lowest BCUT2D eigenvalue weighted by molar-refractivity contribution is 0.391. The van der Waals surface area contributed by atoms with Crippen molar-refractivity contribution in [3.8, 4) is 0 Å².